The van der Waals surface area contributed by atoms with Crippen molar-refractivity contribution in [1.82, 2.24) is 4.31 Å². The second-order valence-electron chi connectivity index (χ2n) is 8.17. The van der Waals surface area contributed by atoms with E-state index in [2.05, 4.69) is 5.32 Å². The Labute approximate surface area is 234 Å². The lowest BCUT2D eigenvalue weighted by Gasteiger charge is -2.24. The van der Waals surface area contributed by atoms with E-state index in [1.165, 1.54) is 85.3 Å². The van der Waals surface area contributed by atoms with Crippen molar-refractivity contribution in [3.05, 3.63) is 71.8 Å². The Morgan fingerprint density at radius 3 is 1.90 bits per heavy atom. The van der Waals surface area contributed by atoms with Gasteiger partial charge in [-0.3, -0.25) is 9.10 Å². The van der Waals surface area contributed by atoms with Gasteiger partial charge in [-0.05, 0) is 60.7 Å². The molecule has 1 N–H and O–H groups in total. The van der Waals surface area contributed by atoms with Crippen LogP contribution in [0.3, 0.4) is 0 Å². The lowest BCUT2D eigenvalue weighted by molar-refractivity contribution is -0.114. The van der Waals surface area contributed by atoms with Crippen LogP contribution in [0.1, 0.15) is 13.8 Å². The van der Waals surface area contributed by atoms with Crippen molar-refractivity contribution in [2.75, 3.05) is 43.5 Å². The first-order chi connectivity index (χ1) is 18.5. The average molecular weight is 596 g/mol. The number of carbonyl (C=O) groups excluding carboxylic acids is 1. The van der Waals surface area contributed by atoms with E-state index in [0.717, 1.165) is 4.31 Å². The van der Waals surface area contributed by atoms with Gasteiger partial charge in [0.05, 0.1) is 29.7 Å². The summed E-state index contributed by atoms with van der Waals surface area (Å²) in [6.07, 6.45) is 0. The summed E-state index contributed by atoms with van der Waals surface area (Å²) in [5.41, 5.74) is 0.517. The smallest absolute Gasteiger partial charge is 0.264 e. The van der Waals surface area contributed by atoms with Gasteiger partial charge in [0.15, 0.2) is 11.5 Å². The normalized spacial score (nSPS) is 11.7. The zero-order valence-electron chi connectivity index (χ0n) is 21.9. The minimum absolute atomic E-state index is 0.0861. The molecule has 3 aromatic rings. The Hall–Kier alpha value is -3.32. The van der Waals surface area contributed by atoms with E-state index < -0.39 is 32.5 Å². The number of anilines is 2. The van der Waals surface area contributed by atoms with Crippen LogP contribution < -0.4 is 19.1 Å². The minimum atomic E-state index is -4.24. The van der Waals surface area contributed by atoms with Gasteiger partial charge in [0.1, 0.15) is 6.54 Å². The molecule has 1 amide bonds. The standard InChI is InChI=1S/C26H30ClN3O7S2/c1-5-29(6-2)38(32,33)22-13-9-20(10-14-22)28-26(31)18-30(21-11-7-19(27)8-12-21)39(34,35)23-15-16-24(36-3)25(17-23)37-4/h7-17H,5-6,18H2,1-4H3,(H,28,31). The summed E-state index contributed by atoms with van der Waals surface area (Å²) < 4.78 is 65.5. The largest absolute Gasteiger partial charge is 0.493 e. The van der Waals surface area contributed by atoms with Crippen molar-refractivity contribution in [3.63, 3.8) is 0 Å². The van der Waals surface area contributed by atoms with Crippen LogP contribution in [0, 0.1) is 0 Å². The van der Waals surface area contributed by atoms with Gasteiger partial charge in [-0.2, -0.15) is 4.31 Å². The molecule has 0 bridgehead atoms. The third kappa shape index (κ3) is 6.82. The number of methoxy groups -OCH3 is 2. The van der Waals surface area contributed by atoms with Crippen LogP contribution in [0.4, 0.5) is 11.4 Å². The van der Waals surface area contributed by atoms with Crippen LogP contribution in [-0.2, 0) is 24.8 Å². The van der Waals surface area contributed by atoms with Gasteiger partial charge in [0.2, 0.25) is 15.9 Å². The first kappa shape index (κ1) is 30.2. The molecule has 210 valence electrons. The number of hydrogen-bond donors (Lipinski definition) is 1. The van der Waals surface area contributed by atoms with Gasteiger partial charge in [0.25, 0.3) is 10.0 Å². The molecule has 0 aromatic heterocycles. The molecule has 39 heavy (non-hydrogen) atoms. The highest BCUT2D eigenvalue weighted by atomic mass is 35.5. The van der Waals surface area contributed by atoms with E-state index >= 15 is 0 Å². The summed E-state index contributed by atoms with van der Waals surface area (Å²) in [5, 5.41) is 3.02. The number of benzene rings is 3. The fraction of sp³-hybridized carbons (Fsp3) is 0.269. The predicted octanol–water partition coefficient (Wildman–Crippen LogP) is 4.22. The summed E-state index contributed by atoms with van der Waals surface area (Å²) in [5.74, 6) is -0.0918. The molecule has 0 aliphatic rings. The summed E-state index contributed by atoms with van der Waals surface area (Å²) in [7, 11) is -5.09. The van der Waals surface area contributed by atoms with E-state index in [9.17, 15) is 21.6 Å². The number of hydrogen-bond acceptors (Lipinski definition) is 7. The molecule has 0 fully saturated rings. The van der Waals surface area contributed by atoms with Crippen molar-refractivity contribution >= 4 is 48.9 Å². The van der Waals surface area contributed by atoms with Crippen LogP contribution in [0.2, 0.25) is 5.02 Å². The van der Waals surface area contributed by atoms with Crippen LogP contribution in [0.15, 0.2) is 76.5 Å². The van der Waals surface area contributed by atoms with Crippen LogP contribution in [0.25, 0.3) is 0 Å². The van der Waals surface area contributed by atoms with Gasteiger partial charge in [-0.1, -0.05) is 25.4 Å². The van der Waals surface area contributed by atoms with E-state index in [4.69, 9.17) is 21.1 Å². The molecule has 0 atom stereocenters. The summed E-state index contributed by atoms with van der Waals surface area (Å²) in [4.78, 5) is 13.0. The molecule has 0 saturated heterocycles. The van der Waals surface area contributed by atoms with Gasteiger partial charge in [-0.25, -0.2) is 16.8 Å². The van der Waals surface area contributed by atoms with E-state index in [-0.39, 0.29) is 21.2 Å². The Balaban J connectivity index is 1.90. The molecule has 0 heterocycles. The fourth-order valence-electron chi connectivity index (χ4n) is 3.78. The van der Waals surface area contributed by atoms with E-state index in [1.54, 1.807) is 13.8 Å². The maximum absolute atomic E-state index is 13.7. The number of carbonyl (C=O) groups is 1. The lowest BCUT2D eigenvalue weighted by atomic mass is 10.3. The van der Waals surface area contributed by atoms with Crippen molar-refractivity contribution in [1.29, 1.82) is 0 Å². The van der Waals surface area contributed by atoms with E-state index in [1.807, 2.05) is 0 Å². The van der Waals surface area contributed by atoms with Crippen LogP contribution >= 0.6 is 11.6 Å². The molecule has 0 unspecified atom stereocenters. The molecule has 0 spiro atoms. The molecule has 0 aliphatic carbocycles. The predicted molar refractivity (Wildman–Crippen MR) is 151 cm³/mol. The highest BCUT2D eigenvalue weighted by Gasteiger charge is 2.29. The van der Waals surface area contributed by atoms with Crippen molar-refractivity contribution < 1.29 is 31.1 Å². The molecular formula is C26H30ClN3O7S2. The Kier molecular flexibility index (Phi) is 9.83. The van der Waals surface area contributed by atoms with E-state index in [0.29, 0.717) is 29.5 Å². The second kappa shape index (κ2) is 12.7. The number of rotatable bonds is 12. The molecule has 0 aliphatic heterocycles. The van der Waals surface area contributed by atoms with Crippen LogP contribution in [0.5, 0.6) is 11.5 Å². The average Bonchev–Trinajstić information content (AvgIpc) is 2.92. The summed E-state index contributed by atoms with van der Waals surface area (Å²) in [6, 6.07) is 15.8. The second-order valence-corrected chi connectivity index (χ2v) is 12.4. The Morgan fingerprint density at radius 2 is 1.36 bits per heavy atom. The number of nitrogens with one attached hydrogen (secondary N) is 1. The maximum Gasteiger partial charge on any atom is 0.264 e. The van der Waals surface area contributed by atoms with Gasteiger partial charge >= 0.3 is 0 Å². The zero-order chi connectivity index (χ0) is 28.8. The first-order valence-corrected chi connectivity index (χ1v) is 15.1. The number of ether oxygens (including phenoxy) is 2. The maximum atomic E-state index is 13.7. The highest BCUT2D eigenvalue weighted by molar-refractivity contribution is 7.92. The molecular weight excluding hydrogens is 566 g/mol. The lowest BCUT2D eigenvalue weighted by Crippen LogP contribution is -2.38. The molecule has 10 nitrogen and oxygen atoms in total. The van der Waals surface area contributed by atoms with Gasteiger partial charge < -0.3 is 14.8 Å². The minimum Gasteiger partial charge on any atom is -0.493 e. The van der Waals surface area contributed by atoms with Crippen molar-refractivity contribution in [2.24, 2.45) is 0 Å². The summed E-state index contributed by atoms with van der Waals surface area (Å²) in [6.45, 7) is 3.58. The molecule has 3 aromatic carbocycles. The summed E-state index contributed by atoms with van der Waals surface area (Å²) >= 11 is 5.99. The number of sulfonamides is 2. The molecule has 13 heteroatoms. The SMILES string of the molecule is CCN(CC)S(=O)(=O)c1ccc(NC(=O)CN(c2ccc(Cl)cc2)S(=O)(=O)c2ccc(OC)c(OC)c2)cc1. The van der Waals surface area contributed by atoms with Gasteiger partial charge in [-0.15, -0.1) is 0 Å². The quantitative estimate of drug-likeness (QED) is 0.333. The fourth-order valence-corrected chi connectivity index (χ4v) is 6.80. The number of amides is 1. The topological polar surface area (TPSA) is 122 Å². The highest BCUT2D eigenvalue weighted by Crippen LogP contribution is 2.32. The Bertz CT molecular complexity index is 1510. The van der Waals surface area contributed by atoms with Crippen LogP contribution in [-0.4, -0.2) is 60.9 Å². The van der Waals surface area contributed by atoms with Crippen molar-refractivity contribution in [3.8, 4) is 11.5 Å². The van der Waals surface area contributed by atoms with Gasteiger partial charge in [0, 0.05) is 29.9 Å². The zero-order valence-corrected chi connectivity index (χ0v) is 24.3. The first-order valence-electron chi connectivity index (χ1n) is 11.9. The Morgan fingerprint density at radius 1 is 0.795 bits per heavy atom. The molecule has 0 saturated carbocycles. The molecule has 0 radical (unpaired) electrons. The third-order valence-corrected chi connectivity index (χ3v) is 9.91. The number of nitrogens with zero attached hydrogens (tertiary/aromatic N) is 2. The monoisotopic (exact) mass is 595 g/mol. The van der Waals surface area contributed by atoms with Crippen molar-refractivity contribution in [2.45, 2.75) is 23.6 Å². The number of halogens is 1. The molecule has 3 rings (SSSR count). The third-order valence-electron chi connectivity index (χ3n) is 5.83.